The Bertz CT molecular complexity index is 620. The molecule has 0 spiro atoms. The van der Waals surface area contributed by atoms with Crippen LogP contribution in [0.2, 0.25) is 0 Å². The third kappa shape index (κ3) is 5.34. The molecule has 132 valence electrons. The average Bonchev–Trinajstić information content (AvgIpc) is 2.49. The molecule has 1 unspecified atom stereocenters. The van der Waals surface area contributed by atoms with E-state index in [0.717, 1.165) is 22.4 Å². The normalized spacial score (nSPS) is 12.9. The lowest BCUT2D eigenvalue weighted by molar-refractivity contribution is -0.885. The van der Waals surface area contributed by atoms with Gasteiger partial charge in [-0.3, -0.25) is 14.9 Å². The number of hydrogen-bond acceptors (Lipinski definition) is 4. The van der Waals surface area contributed by atoms with Gasteiger partial charge >= 0.3 is 6.09 Å². The van der Waals surface area contributed by atoms with Crippen LogP contribution in [0, 0.1) is 20.8 Å². The number of amides is 3. The predicted molar refractivity (Wildman–Crippen MR) is 91.0 cm³/mol. The number of hydrogen-bond donors (Lipinski definition) is 3. The van der Waals surface area contributed by atoms with Gasteiger partial charge in [0, 0.05) is 5.69 Å². The second kappa shape index (κ2) is 8.44. The molecular formula is C17H26N3O4+. The molecule has 1 aromatic carbocycles. The van der Waals surface area contributed by atoms with Crippen molar-refractivity contribution < 1.29 is 24.0 Å². The number of quaternary nitrogens is 1. The van der Waals surface area contributed by atoms with Crippen molar-refractivity contribution in [2.24, 2.45) is 0 Å². The van der Waals surface area contributed by atoms with Crippen molar-refractivity contribution in [3.05, 3.63) is 28.8 Å². The van der Waals surface area contributed by atoms with Gasteiger partial charge in [-0.2, -0.15) is 0 Å². The maximum Gasteiger partial charge on any atom is 0.413 e. The van der Waals surface area contributed by atoms with Crippen LogP contribution in [0.5, 0.6) is 0 Å². The van der Waals surface area contributed by atoms with Crippen molar-refractivity contribution in [2.45, 2.75) is 33.7 Å². The first kappa shape index (κ1) is 19.6. The van der Waals surface area contributed by atoms with E-state index in [-0.39, 0.29) is 12.5 Å². The van der Waals surface area contributed by atoms with E-state index in [1.807, 2.05) is 32.9 Å². The monoisotopic (exact) mass is 336 g/mol. The number of rotatable bonds is 5. The molecule has 1 rings (SSSR count). The molecule has 2 atom stereocenters. The summed E-state index contributed by atoms with van der Waals surface area (Å²) < 4.78 is 4.39. The van der Waals surface area contributed by atoms with Gasteiger partial charge in [-0.15, -0.1) is 0 Å². The molecule has 3 amide bonds. The lowest BCUT2D eigenvalue weighted by Gasteiger charge is -2.20. The number of ether oxygens (including phenoxy) is 1. The summed E-state index contributed by atoms with van der Waals surface area (Å²) in [5.41, 5.74) is 3.92. The topological polar surface area (TPSA) is 88.9 Å². The summed E-state index contributed by atoms with van der Waals surface area (Å²) in [6.45, 7) is 7.63. The number of nitrogens with one attached hydrogen (secondary N) is 3. The molecule has 7 heteroatoms. The zero-order chi connectivity index (χ0) is 18.4. The van der Waals surface area contributed by atoms with E-state index in [1.165, 1.54) is 7.11 Å². The number of benzene rings is 1. The molecule has 1 aromatic rings. The number of carbonyl (C=O) groups is 3. The number of imide groups is 1. The Labute approximate surface area is 142 Å². The highest BCUT2D eigenvalue weighted by atomic mass is 16.5. The number of aryl methyl sites for hydroxylation is 3. The highest BCUT2D eigenvalue weighted by molar-refractivity contribution is 5.95. The number of carbonyl (C=O) groups excluding carboxylic acids is 3. The van der Waals surface area contributed by atoms with Crippen LogP contribution in [-0.2, 0) is 14.3 Å². The molecule has 0 saturated heterocycles. The Morgan fingerprint density at radius 2 is 1.71 bits per heavy atom. The molecule has 0 aliphatic carbocycles. The van der Waals surface area contributed by atoms with Crippen molar-refractivity contribution >= 4 is 23.6 Å². The van der Waals surface area contributed by atoms with Crippen LogP contribution in [0.3, 0.4) is 0 Å². The quantitative estimate of drug-likeness (QED) is 0.723. The molecule has 0 fully saturated rings. The summed E-state index contributed by atoms with van der Waals surface area (Å²) in [6.07, 6.45) is -0.810. The molecule has 0 radical (unpaired) electrons. The van der Waals surface area contributed by atoms with Crippen molar-refractivity contribution in [2.75, 3.05) is 26.0 Å². The number of anilines is 1. The SMILES string of the molecule is COC(=O)NC(=O)[C@H](C)[NH+](C)CC(=O)Nc1c(C)cc(C)cc1C. The molecule has 3 N–H and O–H groups in total. The number of likely N-dealkylation sites (N-methyl/N-ethyl adjacent to an activating group) is 1. The Kier molecular flexibility index (Phi) is 6.91. The van der Waals surface area contributed by atoms with Crippen molar-refractivity contribution in [3.8, 4) is 0 Å². The highest BCUT2D eigenvalue weighted by Crippen LogP contribution is 2.21. The molecular weight excluding hydrogens is 310 g/mol. The van der Waals surface area contributed by atoms with E-state index >= 15 is 0 Å². The van der Waals surface area contributed by atoms with Gasteiger partial charge in [0.2, 0.25) is 0 Å². The minimum absolute atomic E-state index is 0.0997. The van der Waals surface area contributed by atoms with Crippen LogP contribution in [-0.4, -0.2) is 44.7 Å². The zero-order valence-electron chi connectivity index (χ0n) is 15.1. The number of methoxy groups -OCH3 is 1. The maximum atomic E-state index is 12.3. The third-order valence-corrected chi connectivity index (χ3v) is 3.92. The first-order chi connectivity index (χ1) is 11.1. The highest BCUT2D eigenvalue weighted by Gasteiger charge is 2.25. The second-order valence-corrected chi connectivity index (χ2v) is 6.05. The minimum Gasteiger partial charge on any atom is -0.453 e. The maximum absolute atomic E-state index is 12.3. The van der Waals surface area contributed by atoms with Crippen LogP contribution in [0.15, 0.2) is 12.1 Å². The fraction of sp³-hybridized carbons (Fsp3) is 0.471. The smallest absolute Gasteiger partial charge is 0.413 e. The minimum atomic E-state index is -0.810. The van der Waals surface area contributed by atoms with Crippen LogP contribution in [0.1, 0.15) is 23.6 Å². The summed E-state index contributed by atoms with van der Waals surface area (Å²) in [5.74, 6) is -0.685. The second-order valence-electron chi connectivity index (χ2n) is 6.05. The van der Waals surface area contributed by atoms with Gasteiger partial charge in [-0.05, 0) is 38.8 Å². The lowest BCUT2D eigenvalue weighted by atomic mass is 10.1. The molecule has 0 aromatic heterocycles. The van der Waals surface area contributed by atoms with E-state index in [1.54, 1.807) is 14.0 Å². The summed E-state index contributed by atoms with van der Waals surface area (Å²) in [5, 5.41) is 5.00. The Balaban J connectivity index is 2.68. The van der Waals surface area contributed by atoms with E-state index < -0.39 is 18.0 Å². The van der Waals surface area contributed by atoms with Crippen LogP contribution in [0.25, 0.3) is 0 Å². The molecule has 0 bridgehead atoms. The van der Waals surface area contributed by atoms with Gasteiger partial charge in [-0.25, -0.2) is 4.79 Å². The van der Waals surface area contributed by atoms with E-state index in [9.17, 15) is 14.4 Å². The van der Waals surface area contributed by atoms with Gasteiger partial charge in [0.15, 0.2) is 12.6 Å². The number of alkyl carbamates (subject to hydrolysis) is 1. The van der Waals surface area contributed by atoms with Gasteiger partial charge in [0.25, 0.3) is 11.8 Å². The first-order valence-corrected chi connectivity index (χ1v) is 7.74. The molecule has 0 aliphatic rings. The fourth-order valence-corrected chi connectivity index (χ4v) is 2.45. The largest absolute Gasteiger partial charge is 0.453 e. The Morgan fingerprint density at radius 3 is 2.21 bits per heavy atom. The average molecular weight is 336 g/mol. The predicted octanol–water partition coefficient (Wildman–Crippen LogP) is 0.336. The standard InChI is InChI=1S/C17H25N3O4/c1-10-7-11(2)15(12(3)8-10)18-14(21)9-20(5)13(4)16(22)19-17(23)24-6/h7-8,13H,9H2,1-6H3,(H,18,21)(H,19,22,23)/p+1/t13-/m0/s1. The lowest BCUT2D eigenvalue weighted by Crippen LogP contribution is -3.15. The van der Waals surface area contributed by atoms with Crippen molar-refractivity contribution in [3.63, 3.8) is 0 Å². The van der Waals surface area contributed by atoms with Crippen LogP contribution < -0.4 is 15.5 Å². The molecule has 0 saturated carbocycles. The summed E-state index contributed by atoms with van der Waals surface area (Å²) in [6, 6.07) is 3.44. The molecule has 24 heavy (non-hydrogen) atoms. The molecule has 7 nitrogen and oxygen atoms in total. The first-order valence-electron chi connectivity index (χ1n) is 7.74. The summed E-state index contributed by atoms with van der Waals surface area (Å²) in [4.78, 5) is 35.9. The van der Waals surface area contributed by atoms with Crippen molar-refractivity contribution in [1.82, 2.24) is 5.32 Å². The summed E-state index contributed by atoms with van der Waals surface area (Å²) in [7, 11) is 2.90. The van der Waals surface area contributed by atoms with E-state index in [0.29, 0.717) is 4.90 Å². The summed E-state index contributed by atoms with van der Waals surface area (Å²) >= 11 is 0. The fourth-order valence-electron chi connectivity index (χ4n) is 2.45. The molecule has 0 heterocycles. The third-order valence-electron chi connectivity index (χ3n) is 3.92. The van der Waals surface area contributed by atoms with Gasteiger partial charge in [-0.1, -0.05) is 17.7 Å². The Morgan fingerprint density at radius 1 is 1.17 bits per heavy atom. The zero-order valence-corrected chi connectivity index (χ0v) is 15.1. The Hall–Kier alpha value is -2.41. The van der Waals surface area contributed by atoms with Gasteiger partial charge in [0.1, 0.15) is 0 Å². The van der Waals surface area contributed by atoms with Gasteiger partial charge < -0.3 is 15.0 Å². The van der Waals surface area contributed by atoms with E-state index in [2.05, 4.69) is 15.4 Å². The van der Waals surface area contributed by atoms with E-state index in [4.69, 9.17) is 0 Å². The van der Waals surface area contributed by atoms with Crippen molar-refractivity contribution in [1.29, 1.82) is 0 Å². The van der Waals surface area contributed by atoms with Crippen LogP contribution in [0.4, 0.5) is 10.5 Å². The van der Waals surface area contributed by atoms with Crippen LogP contribution >= 0.6 is 0 Å². The molecule has 0 aliphatic heterocycles. The van der Waals surface area contributed by atoms with Gasteiger partial charge in [0.05, 0.1) is 14.2 Å².